The Morgan fingerprint density at radius 3 is 2.55 bits per heavy atom. The van der Waals surface area contributed by atoms with Crippen molar-refractivity contribution in [2.75, 3.05) is 13.1 Å². The van der Waals surface area contributed by atoms with Crippen molar-refractivity contribution in [3.63, 3.8) is 0 Å². The minimum absolute atomic E-state index is 0.0538. The fourth-order valence-electron chi connectivity index (χ4n) is 3.15. The van der Waals surface area contributed by atoms with E-state index >= 15 is 0 Å². The van der Waals surface area contributed by atoms with E-state index < -0.39 is 0 Å². The SMILES string of the molecule is CC(=O)NCCCN[C@H]1C[C@H](c2ccccc2)C1(C)C. The normalized spacial score (nSPS) is 23.9. The zero-order valence-corrected chi connectivity index (χ0v) is 12.8. The average Bonchev–Trinajstić information content (AvgIpc) is 2.41. The number of hydrogen-bond donors (Lipinski definition) is 2. The predicted octanol–water partition coefficient (Wildman–Crippen LogP) is 2.68. The molecule has 0 spiro atoms. The van der Waals surface area contributed by atoms with Crippen molar-refractivity contribution in [2.45, 2.75) is 45.6 Å². The van der Waals surface area contributed by atoms with Crippen molar-refractivity contribution in [1.82, 2.24) is 10.6 Å². The summed E-state index contributed by atoms with van der Waals surface area (Å²) in [6.45, 7) is 7.99. The maximum atomic E-state index is 10.8. The van der Waals surface area contributed by atoms with Gasteiger partial charge in [-0.05, 0) is 36.3 Å². The van der Waals surface area contributed by atoms with E-state index in [0.29, 0.717) is 17.4 Å². The molecule has 1 aliphatic rings. The molecule has 110 valence electrons. The van der Waals surface area contributed by atoms with Gasteiger partial charge < -0.3 is 10.6 Å². The second-order valence-corrected chi connectivity index (χ2v) is 6.36. The van der Waals surface area contributed by atoms with Gasteiger partial charge in [0.25, 0.3) is 0 Å². The Kier molecular flexibility index (Phi) is 4.81. The highest BCUT2D eigenvalue weighted by Gasteiger charge is 2.47. The Bertz CT molecular complexity index is 442. The molecule has 0 aromatic heterocycles. The van der Waals surface area contributed by atoms with Crippen LogP contribution in [-0.4, -0.2) is 25.0 Å². The smallest absolute Gasteiger partial charge is 0.216 e. The Morgan fingerprint density at radius 1 is 1.25 bits per heavy atom. The Labute approximate surface area is 122 Å². The first kappa shape index (κ1) is 15.0. The van der Waals surface area contributed by atoms with E-state index in [0.717, 1.165) is 19.5 Å². The Morgan fingerprint density at radius 2 is 1.95 bits per heavy atom. The molecule has 2 N–H and O–H groups in total. The maximum Gasteiger partial charge on any atom is 0.216 e. The second-order valence-electron chi connectivity index (χ2n) is 6.36. The molecule has 0 heterocycles. The molecule has 0 saturated heterocycles. The molecule has 1 aliphatic carbocycles. The van der Waals surface area contributed by atoms with Gasteiger partial charge in [0.15, 0.2) is 0 Å². The maximum absolute atomic E-state index is 10.8. The molecule has 1 aromatic rings. The molecule has 2 atom stereocenters. The van der Waals surface area contributed by atoms with Crippen molar-refractivity contribution in [1.29, 1.82) is 0 Å². The summed E-state index contributed by atoms with van der Waals surface area (Å²) in [4.78, 5) is 10.8. The van der Waals surface area contributed by atoms with Crippen LogP contribution in [-0.2, 0) is 4.79 Å². The van der Waals surface area contributed by atoms with Crippen molar-refractivity contribution in [3.05, 3.63) is 35.9 Å². The number of amides is 1. The van der Waals surface area contributed by atoms with Crippen LogP contribution in [0.2, 0.25) is 0 Å². The molecule has 1 fully saturated rings. The van der Waals surface area contributed by atoms with Crippen LogP contribution < -0.4 is 10.6 Å². The van der Waals surface area contributed by atoms with E-state index in [9.17, 15) is 4.79 Å². The molecule has 20 heavy (non-hydrogen) atoms. The van der Waals surface area contributed by atoms with Crippen molar-refractivity contribution >= 4 is 5.91 Å². The third-order valence-corrected chi connectivity index (χ3v) is 4.59. The predicted molar refractivity (Wildman–Crippen MR) is 82.7 cm³/mol. The second kappa shape index (κ2) is 6.40. The summed E-state index contributed by atoms with van der Waals surface area (Å²) < 4.78 is 0. The van der Waals surface area contributed by atoms with Gasteiger partial charge in [0.2, 0.25) is 5.91 Å². The molecule has 3 heteroatoms. The molecule has 1 amide bonds. The Balaban J connectivity index is 1.75. The highest BCUT2D eigenvalue weighted by molar-refractivity contribution is 5.72. The third-order valence-electron chi connectivity index (χ3n) is 4.59. The van der Waals surface area contributed by atoms with Crippen LogP contribution in [0, 0.1) is 5.41 Å². The van der Waals surface area contributed by atoms with Crippen LogP contribution in [0.4, 0.5) is 0 Å². The van der Waals surface area contributed by atoms with Crippen molar-refractivity contribution < 1.29 is 4.79 Å². The van der Waals surface area contributed by atoms with Crippen LogP contribution in [0.3, 0.4) is 0 Å². The number of benzene rings is 1. The van der Waals surface area contributed by atoms with Crippen LogP contribution in [0.1, 0.15) is 45.1 Å². The molecule has 1 saturated carbocycles. The summed E-state index contributed by atoms with van der Waals surface area (Å²) in [6, 6.07) is 11.4. The van der Waals surface area contributed by atoms with Gasteiger partial charge in [0.05, 0.1) is 0 Å². The summed E-state index contributed by atoms with van der Waals surface area (Å²) in [5, 5.41) is 6.46. The molecule has 0 radical (unpaired) electrons. The van der Waals surface area contributed by atoms with E-state index in [4.69, 9.17) is 0 Å². The quantitative estimate of drug-likeness (QED) is 0.783. The first-order chi connectivity index (χ1) is 9.51. The topological polar surface area (TPSA) is 41.1 Å². The fourth-order valence-corrected chi connectivity index (χ4v) is 3.15. The average molecular weight is 274 g/mol. The lowest BCUT2D eigenvalue weighted by Crippen LogP contribution is -2.55. The van der Waals surface area contributed by atoms with Gasteiger partial charge in [-0.1, -0.05) is 44.2 Å². The molecule has 1 aromatic carbocycles. The van der Waals surface area contributed by atoms with E-state index in [1.165, 1.54) is 12.0 Å². The van der Waals surface area contributed by atoms with Gasteiger partial charge >= 0.3 is 0 Å². The van der Waals surface area contributed by atoms with Crippen molar-refractivity contribution in [3.8, 4) is 0 Å². The van der Waals surface area contributed by atoms with Crippen molar-refractivity contribution in [2.24, 2.45) is 5.41 Å². The summed E-state index contributed by atoms with van der Waals surface area (Å²) in [5.41, 5.74) is 1.75. The van der Waals surface area contributed by atoms with Gasteiger partial charge in [0, 0.05) is 19.5 Å². The first-order valence-corrected chi connectivity index (χ1v) is 7.54. The van der Waals surface area contributed by atoms with Gasteiger partial charge in [-0.25, -0.2) is 0 Å². The number of nitrogens with one attached hydrogen (secondary N) is 2. The molecular weight excluding hydrogens is 248 g/mol. The highest BCUT2D eigenvalue weighted by Crippen LogP contribution is 2.52. The fraction of sp³-hybridized carbons (Fsp3) is 0.588. The number of carbonyl (C=O) groups is 1. The monoisotopic (exact) mass is 274 g/mol. The highest BCUT2D eigenvalue weighted by atomic mass is 16.1. The van der Waals surface area contributed by atoms with Crippen LogP contribution in [0.25, 0.3) is 0 Å². The summed E-state index contributed by atoms with van der Waals surface area (Å²) >= 11 is 0. The van der Waals surface area contributed by atoms with Crippen LogP contribution in [0.5, 0.6) is 0 Å². The minimum Gasteiger partial charge on any atom is -0.356 e. The molecule has 0 aliphatic heterocycles. The Hall–Kier alpha value is -1.35. The van der Waals surface area contributed by atoms with Crippen LogP contribution in [0.15, 0.2) is 30.3 Å². The molecule has 0 bridgehead atoms. The lowest BCUT2D eigenvalue weighted by atomic mass is 9.56. The summed E-state index contributed by atoms with van der Waals surface area (Å²) in [7, 11) is 0. The molecule has 0 unspecified atom stereocenters. The number of rotatable bonds is 6. The zero-order valence-electron chi connectivity index (χ0n) is 12.8. The van der Waals surface area contributed by atoms with Gasteiger partial charge in [-0.15, -0.1) is 0 Å². The molecule has 2 rings (SSSR count). The van der Waals surface area contributed by atoms with Gasteiger partial charge in [0.1, 0.15) is 0 Å². The van der Waals surface area contributed by atoms with Gasteiger partial charge in [-0.3, -0.25) is 4.79 Å². The molecule has 3 nitrogen and oxygen atoms in total. The van der Waals surface area contributed by atoms with Crippen LogP contribution >= 0.6 is 0 Å². The number of carbonyl (C=O) groups excluding carboxylic acids is 1. The standard InChI is InChI=1S/C17H26N2O/c1-13(20)18-10-7-11-19-16-12-15(17(16,2)3)14-8-5-4-6-9-14/h4-6,8-9,15-16,19H,7,10-12H2,1-3H3,(H,18,20)/t15-,16+/m1/s1. The van der Waals surface area contributed by atoms with E-state index in [1.807, 2.05) is 0 Å². The van der Waals surface area contributed by atoms with E-state index in [1.54, 1.807) is 6.92 Å². The summed E-state index contributed by atoms with van der Waals surface area (Å²) in [6.07, 6.45) is 2.19. The zero-order chi connectivity index (χ0) is 14.6. The lowest BCUT2D eigenvalue weighted by molar-refractivity contribution is -0.118. The largest absolute Gasteiger partial charge is 0.356 e. The lowest BCUT2D eigenvalue weighted by Gasteiger charge is -2.53. The first-order valence-electron chi connectivity index (χ1n) is 7.54. The van der Waals surface area contributed by atoms with E-state index in [2.05, 4.69) is 54.8 Å². The number of hydrogen-bond acceptors (Lipinski definition) is 2. The molecular formula is C17H26N2O. The third kappa shape index (κ3) is 3.40. The van der Waals surface area contributed by atoms with Gasteiger partial charge in [-0.2, -0.15) is 0 Å². The minimum atomic E-state index is 0.0538. The van der Waals surface area contributed by atoms with E-state index in [-0.39, 0.29) is 5.91 Å². The summed E-state index contributed by atoms with van der Waals surface area (Å²) in [5.74, 6) is 0.703.